The molecule has 0 radical (unpaired) electrons. The normalized spacial score (nSPS) is 16.5. The van der Waals surface area contributed by atoms with Crippen LogP contribution in [0.5, 0.6) is 0 Å². The fourth-order valence-corrected chi connectivity index (χ4v) is 14.5. The molecular weight excluding hydrogens is 955 g/mol. The highest BCUT2D eigenvalue weighted by molar-refractivity contribution is 6.12. The Morgan fingerprint density at radius 2 is 0.848 bits per heavy atom. The average molecular weight is 1010 g/mol. The van der Waals surface area contributed by atoms with Gasteiger partial charge in [-0.3, -0.25) is 0 Å². The van der Waals surface area contributed by atoms with Crippen LogP contribution in [0.2, 0.25) is 0 Å². The SMILES string of the molecule is CC1(C)c2ccccc2C2C=CC(N(c3ccc4c(c3)C(c3ccccc3)(c3ccccc3)c3cc(-c5ccc6c(c5)c5ccccc5n6-c5ccccc5)ccc3-4)c3ccc4c(c3)c3ccccc3n4-c3ccccc3)=CC21. The molecule has 2 heterocycles. The third-order valence-corrected chi connectivity index (χ3v) is 18.1. The van der Waals surface area contributed by atoms with Crippen molar-refractivity contribution >= 4 is 55.0 Å². The quantitative estimate of drug-likeness (QED) is 0.148. The summed E-state index contributed by atoms with van der Waals surface area (Å²) in [5, 5.41) is 4.95. The van der Waals surface area contributed by atoms with Crippen LogP contribution in [0.1, 0.15) is 53.1 Å². The zero-order valence-electron chi connectivity index (χ0n) is 44.1. The minimum Gasteiger partial charge on any atom is -0.311 e. The molecule has 0 fully saturated rings. The fraction of sp³-hybridized carbons (Fsp3) is 0.0789. The number of nitrogens with zero attached hydrogens (tertiary/aromatic N) is 3. The lowest BCUT2D eigenvalue weighted by Gasteiger charge is -2.36. The Kier molecular flexibility index (Phi) is 10.0. The van der Waals surface area contributed by atoms with Gasteiger partial charge in [-0.25, -0.2) is 0 Å². The zero-order chi connectivity index (χ0) is 52.4. The topological polar surface area (TPSA) is 13.1 Å². The van der Waals surface area contributed by atoms with Crippen molar-refractivity contribution in [2.75, 3.05) is 4.90 Å². The van der Waals surface area contributed by atoms with Crippen molar-refractivity contribution in [2.24, 2.45) is 5.92 Å². The zero-order valence-corrected chi connectivity index (χ0v) is 44.1. The Balaban J connectivity index is 0.917. The lowest BCUT2D eigenvalue weighted by atomic mass is 9.67. The lowest BCUT2D eigenvalue weighted by molar-refractivity contribution is 0.392. The van der Waals surface area contributed by atoms with E-state index in [-0.39, 0.29) is 11.3 Å². The summed E-state index contributed by atoms with van der Waals surface area (Å²) in [6.45, 7) is 4.88. The van der Waals surface area contributed by atoms with Gasteiger partial charge in [0, 0.05) is 55.9 Å². The number of aromatic nitrogens is 2. The van der Waals surface area contributed by atoms with E-state index in [0.717, 1.165) is 22.7 Å². The maximum atomic E-state index is 2.59. The van der Waals surface area contributed by atoms with Gasteiger partial charge in [0.15, 0.2) is 0 Å². The van der Waals surface area contributed by atoms with Crippen molar-refractivity contribution < 1.29 is 0 Å². The van der Waals surface area contributed by atoms with Crippen LogP contribution in [0.25, 0.3) is 77.2 Å². The van der Waals surface area contributed by atoms with Crippen LogP contribution in [0.4, 0.5) is 11.4 Å². The van der Waals surface area contributed by atoms with Gasteiger partial charge < -0.3 is 14.0 Å². The highest BCUT2D eigenvalue weighted by atomic mass is 15.1. The Morgan fingerprint density at radius 3 is 1.49 bits per heavy atom. The standard InChI is InChI=1S/C76H55N3/c1-75(2)67-32-18-15-29-59(67)60-41-37-57(48-68(60)75)77(56-39-44-74-66(47-56)64-31-17-20-34-72(64)79(74)55-27-13-6-14-28-55)58-38-42-62-61-40-35-51(46-69(61)76(70(62)49-58,52-21-7-3-8-22-52)53-23-9-4-10-24-53)50-36-43-73-65(45-50)63-30-16-19-33-71(63)78(73)54-25-11-5-12-26-54/h3-49,60,68H,1-2H3. The molecule has 3 heteroatoms. The van der Waals surface area contributed by atoms with Crippen molar-refractivity contribution in [2.45, 2.75) is 30.6 Å². The molecule has 16 rings (SSSR count). The molecule has 79 heavy (non-hydrogen) atoms. The summed E-state index contributed by atoms with van der Waals surface area (Å²) in [6.07, 6.45) is 7.48. The van der Waals surface area contributed by atoms with Crippen molar-refractivity contribution in [3.63, 3.8) is 0 Å². The number of fused-ring (bicyclic) bond motifs is 12. The summed E-state index contributed by atoms with van der Waals surface area (Å²) < 4.78 is 4.81. The Bertz CT molecular complexity index is 4590. The summed E-state index contributed by atoms with van der Waals surface area (Å²) in [5.41, 5.74) is 22.6. The third-order valence-electron chi connectivity index (χ3n) is 18.1. The van der Waals surface area contributed by atoms with Gasteiger partial charge in [-0.05, 0) is 158 Å². The summed E-state index contributed by atoms with van der Waals surface area (Å²) in [7, 11) is 0. The first-order valence-corrected chi connectivity index (χ1v) is 27.8. The monoisotopic (exact) mass is 1010 g/mol. The predicted molar refractivity (Wildman–Crippen MR) is 329 cm³/mol. The van der Waals surface area contributed by atoms with E-state index >= 15 is 0 Å². The molecule has 0 saturated carbocycles. The second-order valence-electron chi connectivity index (χ2n) is 22.4. The third kappa shape index (κ3) is 6.66. The maximum absolute atomic E-state index is 2.59. The molecular formula is C76H55N3. The smallest absolute Gasteiger partial charge is 0.0714 e. The summed E-state index contributed by atoms with van der Waals surface area (Å²) in [6, 6.07) is 99.6. The minimum atomic E-state index is -0.650. The Morgan fingerprint density at radius 1 is 0.380 bits per heavy atom. The van der Waals surface area contributed by atoms with E-state index in [4.69, 9.17) is 0 Å². The van der Waals surface area contributed by atoms with Crippen LogP contribution < -0.4 is 4.90 Å². The fourth-order valence-electron chi connectivity index (χ4n) is 14.5. The summed E-state index contributed by atoms with van der Waals surface area (Å²) in [4.78, 5) is 2.55. The molecule has 0 saturated heterocycles. The average Bonchev–Trinajstić information content (AvgIpc) is 4.34. The van der Waals surface area contributed by atoms with Gasteiger partial charge >= 0.3 is 0 Å². The van der Waals surface area contributed by atoms with Crippen molar-refractivity contribution in [3.05, 3.63) is 324 Å². The molecule has 3 aliphatic rings. The van der Waals surface area contributed by atoms with Gasteiger partial charge in [0.2, 0.25) is 0 Å². The largest absolute Gasteiger partial charge is 0.311 e. The lowest BCUT2D eigenvalue weighted by Crippen LogP contribution is -2.29. The second kappa shape index (κ2) is 17.4. The number of hydrogen-bond donors (Lipinski definition) is 0. The van der Waals surface area contributed by atoms with Crippen LogP contribution in [0.15, 0.2) is 291 Å². The number of rotatable bonds is 8. The molecule has 3 nitrogen and oxygen atoms in total. The summed E-state index contributed by atoms with van der Waals surface area (Å²) in [5.74, 6) is 0.578. The molecule has 3 aliphatic carbocycles. The number of hydrogen-bond acceptors (Lipinski definition) is 1. The minimum absolute atomic E-state index is 0.0629. The first-order valence-electron chi connectivity index (χ1n) is 27.8. The van der Waals surface area contributed by atoms with Crippen LogP contribution in [0, 0.1) is 5.92 Å². The number of benzene rings is 11. The molecule has 0 spiro atoms. The predicted octanol–water partition coefficient (Wildman–Crippen LogP) is 19.2. The van der Waals surface area contributed by atoms with Gasteiger partial charge in [-0.15, -0.1) is 0 Å². The molecule has 2 unspecified atom stereocenters. The molecule has 2 atom stereocenters. The van der Waals surface area contributed by atoms with Crippen molar-refractivity contribution in [3.8, 4) is 33.6 Å². The first-order chi connectivity index (χ1) is 38.9. The van der Waals surface area contributed by atoms with E-state index in [1.165, 1.54) is 105 Å². The van der Waals surface area contributed by atoms with Gasteiger partial charge in [0.1, 0.15) is 0 Å². The second-order valence-corrected chi connectivity index (χ2v) is 22.4. The van der Waals surface area contributed by atoms with Crippen LogP contribution >= 0.6 is 0 Å². The van der Waals surface area contributed by atoms with E-state index in [1.54, 1.807) is 0 Å². The highest BCUT2D eigenvalue weighted by Crippen LogP contribution is 2.59. The van der Waals surface area contributed by atoms with Crippen LogP contribution in [0.3, 0.4) is 0 Å². The number of para-hydroxylation sites is 4. The van der Waals surface area contributed by atoms with Crippen LogP contribution in [-0.2, 0) is 10.8 Å². The molecule has 0 N–H and O–H groups in total. The van der Waals surface area contributed by atoms with Crippen molar-refractivity contribution in [1.82, 2.24) is 9.13 Å². The number of allylic oxidation sites excluding steroid dienone is 3. The van der Waals surface area contributed by atoms with Gasteiger partial charge in [-0.2, -0.15) is 0 Å². The van der Waals surface area contributed by atoms with E-state index in [1.807, 2.05) is 0 Å². The number of anilines is 2. The Labute approximate surface area is 460 Å². The van der Waals surface area contributed by atoms with Crippen molar-refractivity contribution in [1.29, 1.82) is 0 Å². The first kappa shape index (κ1) is 45.5. The maximum Gasteiger partial charge on any atom is 0.0714 e. The van der Waals surface area contributed by atoms with E-state index in [0.29, 0.717) is 5.92 Å². The van der Waals surface area contributed by atoms with Crippen LogP contribution in [-0.4, -0.2) is 9.13 Å². The van der Waals surface area contributed by atoms with E-state index < -0.39 is 5.41 Å². The van der Waals surface area contributed by atoms with E-state index in [9.17, 15) is 0 Å². The summed E-state index contributed by atoms with van der Waals surface area (Å²) >= 11 is 0. The molecule has 13 aromatic rings. The van der Waals surface area contributed by atoms with E-state index in [2.05, 4.69) is 313 Å². The molecule has 0 aliphatic heterocycles. The highest BCUT2D eigenvalue weighted by Gasteiger charge is 2.48. The molecule has 0 amide bonds. The van der Waals surface area contributed by atoms with Gasteiger partial charge in [0.05, 0.1) is 27.5 Å². The van der Waals surface area contributed by atoms with Gasteiger partial charge in [0.25, 0.3) is 0 Å². The molecule has 374 valence electrons. The molecule has 0 bridgehead atoms. The molecule has 2 aromatic heterocycles. The van der Waals surface area contributed by atoms with Gasteiger partial charge in [-0.1, -0.05) is 208 Å². The Hall–Kier alpha value is -9.70. The molecule has 11 aromatic carbocycles.